The van der Waals surface area contributed by atoms with Crippen molar-refractivity contribution >= 4 is 6.29 Å². The number of aliphatic hydroxyl groups is 2. The summed E-state index contributed by atoms with van der Waals surface area (Å²) in [6, 6.07) is 0. The van der Waals surface area contributed by atoms with E-state index in [0.29, 0.717) is 6.42 Å². The molecule has 2 N–H and O–H groups in total. The summed E-state index contributed by atoms with van der Waals surface area (Å²) >= 11 is 0. The Labute approximate surface area is 105 Å². The Balaban J connectivity index is 3.24. The van der Waals surface area contributed by atoms with Gasteiger partial charge in [-0.05, 0) is 6.42 Å². The number of carbonyl (C=O) groups excluding carboxylic acids is 1. The third-order valence-corrected chi connectivity index (χ3v) is 3.09. The number of rotatable bonds is 12. The number of hydrogen-bond acceptors (Lipinski definition) is 3. The fraction of sp³-hybridized carbons (Fsp3) is 0.929. The highest BCUT2D eigenvalue weighted by atomic mass is 16.3. The van der Waals surface area contributed by atoms with Gasteiger partial charge in [0.25, 0.3) is 0 Å². The molecule has 0 saturated heterocycles. The van der Waals surface area contributed by atoms with Gasteiger partial charge in [0, 0.05) is 6.42 Å². The van der Waals surface area contributed by atoms with E-state index in [0.717, 1.165) is 12.8 Å². The van der Waals surface area contributed by atoms with Crippen LogP contribution in [-0.2, 0) is 4.79 Å². The van der Waals surface area contributed by atoms with Crippen molar-refractivity contribution in [2.75, 3.05) is 0 Å². The van der Waals surface area contributed by atoms with Gasteiger partial charge in [-0.25, -0.2) is 0 Å². The normalized spacial score (nSPS) is 14.5. The van der Waals surface area contributed by atoms with Crippen LogP contribution in [-0.4, -0.2) is 28.7 Å². The van der Waals surface area contributed by atoms with Crippen molar-refractivity contribution in [2.24, 2.45) is 0 Å². The van der Waals surface area contributed by atoms with Crippen LogP contribution >= 0.6 is 0 Å². The molecule has 0 bridgehead atoms. The van der Waals surface area contributed by atoms with Crippen molar-refractivity contribution < 1.29 is 15.0 Å². The molecule has 0 spiro atoms. The molecule has 0 rings (SSSR count). The van der Waals surface area contributed by atoms with Crippen molar-refractivity contribution in [3.05, 3.63) is 0 Å². The van der Waals surface area contributed by atoms with Crippen LogP contribution in [0.4, 0.5) is 0 Å². The molecular formula is C14H27O3. The second kappa shape index (κ2) is 12.1. The first kappa shape index (κ1) is 16.6. The van der Waals surface area contributed by atoms with Gasteiger partial charge in [-0.2, -0.15) is 0 Å². The number of hydrogen-bond donors (Lipinski definition) is 2. The molecule has 0 aromatic carbocycles. The molecule has 0 aromatic heterocycles. The highest BCUT2D eigenvalue weighted by molar-refractivity contribution is 5.51. The van der Waals surface area contributed by atoms with E-state index in [1.807, 2.05) is 0 Å². The third kappa shape index (κ3) is 10.5. The molecule has 0 saturated carbocycles. The molecule has 3 heteroatoms. The minimum Gasteiger partial charge on any atom is -0.390 e. The first-order valence-corrected chi connectivity index (χ1v) is 6.93. The lowest BCUT2D eigenvalue weighted by atomic mass is 10.0. The maximum atomic E-state index is 10.0. The van der Waals surface area contributed by atoms with Crippen molar-refractivity contribution in [2.45, 2.75) is 83.3 Å². The fourth-order valence-corrected chi connectivity index (χ4v) is 1.90. The zero-order valence-electron chi connectivity index (χ0n) is 11.0. The molecule has 101 valence electrons. The molecule has 2 unspecified atom stereocenters. The first-order valence-electron chi connectivity index (χ1n) is 6.93. The summed E-state index contributed by atoms with van der Waals surface area (Å²) in [6.45, 7) is 2.21. The Morgan fingerprint density at radius 3 is 1.94 bits per heavy atom. The van der Waals surface area contributed by atoms with Gasteiger partial charge < -0.3 is 10.2 Å². The predicted molar refractivity (Wildman–Crippen MR) is 69.6 cm³/mol. The topological polar surface area (TPSA) is 57.5 Å². The monoisotopic (exact) mass is 243 g/mol. The molecule has 2 atom stereocenters. The van der Waals surface area contributed by atoms with E-state index in [9.17, 15) is 15.0 Å². The van der Waals surface area contributed by atoms with Crippen molar-refractivity contribution in [3.8, 4) is 0 Å². The zero-order valence-corrected chi connectivity index (χ0v) is 11.0. The summed E-state index contributed by atoms with van der Waals surface area (Å²) < 4.78 is 0. The summed E-state index contributed by atoms with van der Waals surface area (Å²) in [7, 11) is 0. The lowest BCUT2D eigenvalue weighted by Crippen LogP contribution is -2.25. The second-order valence-corrected chi connectivity index (χ2v) is 4.75. The minimum absolute atomic E-state index is 0.0851. The molecule has 0 aliphatic carbocycles. The molecule has 0 aliphatic heterocycles. The highest BCUT2D eigenvalue weighted by Gasteiger charge is 2.14. The standard InChI is InChI=1S/C14H27O3/c1-2-3-4-5-6-7-8-9-10-13(16)14(17)11-12-15/h13-14,16-17H,2-11H2,1H3. The van der Waals surface area contributed by atoms with Gasteiger partial charge in [-0.15, -0.1) is 0 Å². The van der Waals surface area contributed by atoms with Gasteiger partial charge in [0.1, 0.15) is 0 Å². The summed E-state index contributed by atoms with van der Waals surface area (Å²) in [4.78, 5) is 10.0. The minimum atomic E-state index is -0.933. The number of aliphatic hydroxyl groups excluding tert-OH is 2. The van der Waals surface area contributed by atoms with Gasteiger partial charge in [-0.1, -0.05) is 58.3 Å². The summed E-state index contributed by atoms with van der Waals surface area (Å²) in [5, 5.41) is 18.8. The smallest absolute Gasteiger partial charge is 0.201 e. The maximum Gasteiger partial charge on any atom is 0.201 e. The summed E-state index contributed by atoms with van der Waals surface area (Å²) in [5.74, 6) is 0. The van der Waals surface area contributed by atoms with Crippen molar-refractivity contribution in [1.82, 2.24) is 0 Å². The van der Waals surface area contributed by atoms with Crippen LogP contribution in [0.2, 0.25) is 0 Å². The molecule has 0 amide bonds. The highest BCUT2D eigenvalue weighted by Crippen LogP contribution is 2.12. The molecule has 0 aliphatic rings. The summed E-state index contributed by atoms with van der Waals surface area (Å²) in [6.07, 6.45) is 10.1. The average molecular weight is 243 g/mol. The Morgan fingerprint density at radius 1 is 0.882 bits per heavy atom. The van der Waals surface area contributed by atoms with Crippen LogP contribution < -0.4 is 0 Å². The average Bonchev–Trinajstić information content (AvgIpc) is 2.32. The Bertz CT molecular complexity index is 171. The maximum absolute atomic E-state index is 10.0. The van der Waals surface area contributed by atoms with Gasteiger partial charge in [0.15, 0.2) is 0 Å². The van der Waals surface area contributed by atoms with Crippen molar-refractivity contribution in [1.29, 1.82) is 0 Å². The van der Waals surface area contributed by atoms with Crippen LogP contribution in [0.5, 0.6) is 0 Å². The molecule has 3 nitrogen and oxygen atoms in total. The van der Waals surface area contributed by atoms with E-state index in [1.165, 1.54) is 38.5 Å². The number of unbranched alkanes of at least 4 members (excludes halogenated alkanes) is 7. The second-order valence-electron chi connectivity index (χ2n) is 4.75. The van der Waals surface area contributed by atoms with Crippen LogP contribution in [0, 0.1) is 0 Å². The molecular weight excluding hydrogens is 216 g/mol. The van der Waals surface area contributed by atoms with E-state index >= 15 is 0 Å². The molecule has 0 fully saturated rings. The Hall–Kier alpha value is -0.410. The SMILES string of the molecule is CCCCCCCCCCC(O)C(O)C[C]=O. The Morgan fingerprint density at radius 2 is 1.41 bits per heavy atom. The quantitative estimate of drug-likeness (QED) is 0.518. The third-order valence-electron chi connectivity index (χ3n) is 3.09. The molecule has 17 heavy (non-hydrogen) atoms. The van der Waals surface area contributed by atoms with E-state index in [-0.39, 0.29) is 6.42 Å². The molecule has 0 heterocycles. The van der Waals surface area contributed by atoms with E-state index in [4.69, 9.17) is 0 Å². The van der Waals surface area contributed by atoms with Crippen LogP contribution in [0.3, 0.4) is 0 Å². The molecule has 1 radical (unpaired) electrons. The molecule has 0 aromatic rings. The van der Waals surface area contributed by atoms with Crippen molar-refractivity contribution in [3.63, 3.8) is 0 Å². The lowest BCUT2D eigenvalue weighted by molar-refractivity contribution is 0.0175. The summed E-state index contributed by atoms with van der Waals surface area (Å²) in [5.41, 5.74) is 0. The van der Waals surface area contributed by atoms with Gasteiger partial charge in [-0.3, -0.25) is 4.79 Å². The van der Waals surface area contributed by atoms with E-state index in [2.05, 4.69) is 6.92 Å². The predicted octanol–water partition coefficient (Wildman–Crippen LogP) is 2.74. The Kier molecular flexibility index (Phi) is 11.8. The largest absolute Gasteiger partial charge is 0.390 e. The van der Waals surface area contributed by atoms with Crippen LogP contribution in [0.25, 0.3) is 0 Å². The van der Waals surface area contributed by atoms with Crippen LogP contribution in [0.1, 0.15) is 71.1 Å². The first-order chi connectivity index (χ1) is 8.22. The van der Waals surface area contributed by atoms with E-state index < -0.39 is 12.2 Å². The van der Waals surface area contributed by atoms with Gasteiger partial charge in [0.05, 0.1) is 12.2 Å². The van der Waals surface area contributed by atoms with Gasteiger partial charge >= 0.3 is 0 Å². The fourth-order valence-electron chi connectivity index (χ4n) is 1.90. The zero-order chi connectivity index (χ0) is 12.9. The lowest BCUT2D eigenvalue weighted by Gasteiger charge is -2.14. The van der Waals surface area contributed by atoms with E-state index in [1.54, 1.807) is 6.29 Å². The van der Waals surface area contributed by atoms with Crippen LogP contribution in [0.15, 0.2) is 0 Å². The van der Waals surface area contributed by atoms with Gasteiger partial charge in [0.2, 0.25) is 6.29 Å².